The van der Waals surface area contributed by atoms with Gasteiger partial charge in [0.05, 0.1) is 10.7 Å². The highest BCUT2D eigenvalue weighted by molar-refractivity contribution is 7.11. The van der Waals surface area contributed by atoms with Crippen LogP contribution in [-0.2, 0) is 12.8 Å². The van der Waals surface area contributed by atoms with Gasteiger partial charge in [0, 0.05) is 35.7 Å². The smallest absolute Gasteiger partial charge is 0.0990 e. The summed E-state index contributed by atoms with van der Waals surface area (Å²) in [7, 11) is 0. The summed E-state index contributed by atoms with van der Waals surface area (Å²) in [5.41, 5.74) is 2.47. The monoisotopic (exact) mass is 287 g/mol. The normalized spacial score (nSPS) is 17.9. The molecule has 1 aliphatic carbocycles. The van der Waals surface area contributed by atoms with Crippen LogP contribution < -0.4 is 5.32 Å². The lowest BCUT2D eigenvalue weighted by Crippen LogP contribution is -2.24. The second-order valence-electron chi connectivity index (χ2n) is 5.31. The number of hydrogen-bond donors (Lipinski definition) is 1. The van der Waals surface area contributed by atoms with E-state index >= 15 is 0 Å². The van der Waals surface area contributed by atoms with Gasteiger partial charge in [-0.3, -0.25) is 4.98 Å². The molecule has 0 bridgehead atoms. The van der Waals surface area contributed by atoms with E-state index in [9.17, 15) is 0 Å². The Morgan fingerprint density at radius 1 is 1.40 bits per heavy atom. The zero-order valence-electron chi connectivity index (χ0n) is 11.9. The van der Waals surface area contributed by atoms with Crippen LogP contribution in [0.15, 0.2) is 24.4 Å². The van der Waals surface area contributed by atoms with Gasteiger partial charge in [-0.15, -0.1) is 11.3 Å². The van der Waals surface area contributed by atoms with Gasteiger partial charge >= 0.3 is 0 Å². The summed E-state index contributed by atoms with van der Waals surface area (Å²) < 4.78 is 0. The number of rotatable bonds is 5. The third-order valence-electron chi connectivity index (χ3n) is 3.81. The lowest BCUT2D eigenvalue weighted by Gasteiger charge is -2.21. The molecule has 3 rings (SSSR count). The van der Waals surface area contributed by atoms with Gasteiger partial charge in [-0.2, -0.15) is 0 Å². The summed E-state index contributed by atoms with van der Waals surface area (Å²) in [6.45, 7) is 4.27. The van der Waals surface area contributed by atoms with E-state index in [4.69, 9.17) is 4.98 Å². The van der Waals surface area contributed by atoms with E-state index in [1.807, 2.05) is 29.7 Å². The second-order valence-corrected chi connectivity index (χ2v) is 6.48. The number of fused-ring (bicyclic) bond motifs is 1. The number of nitrogens with one attached hydrogen (secondary N) is 1. The van der Waals surface area contributed by atoms with Crippen molar-refractivity contribution in [3.05, 3.63) is 45.7 Å². The van der Waals surface area contributed by atoms with Crippen LogP contribution in [0.1, 0.15) is 47.0 Å². The second kappa shape index (κ2) is 6.46. The minimum Gasteiger partial charge on any atom is -0.316 e. The van der Waals surface area contributed by atoms with Crippen LogP contribution in [0.4, 0.5) is 0 Å². The standard InChI is InChI=1S/C16H21N3S/c1-2-17-11-12-6-5-8-14-16(12)19-15(20-14)10-13-7-3-4-9-18-13/h3-4,7,9,12,17H,2,5-6,8,10-11H2,1H3. The first-order valence-corrected chi connectivity index (χ1v) is 8.27. The van der Waals surface area contributed by atoms with Crippen molar-refractivity contribution in [3.8, 4) is 0 Å². The molecule has 20 heavy (non-hydrogen) atoms. The van der Waals surface area contributed by atoms with Crippen molar-refractivity contribution < 1.29 is 0 Å². The van der Waals surface area contributed by atoms with Crippen molar-refractivity contribution in [1.82, 2.24) is 15.3 Å². The molecule has 106 valence electrons. The highest BCUT2D eigenvalue weighted by Crippen LogP contribution is 2.34. The number of hydrogen-bond acceptors (Lipinski definition) is 4. The van der Waals surface area contributed by atoms with E-state index in [-0.39, 0.29) is 0 Å². The third kappa shape index (κ3) is 3.07. The van der Waals surface area contributed by atoms with Crippen molar-refractivity contribution in [2.75, 3.05) is 13.1 Å². The number of pyridine rings is 1. The molecule has 4 heteroatoms. The molecule has 0 saturated carbocycles. The van der Waals surface area contributed by atoms with Crippen LogP contribution in [0.5, 0.6) is 0 Å². The Morgan fingerprint density at radius 3 is 3.15 bits per heavy atom. The molecule has 1 atom stereocenters. The summed E-state index contributed by atoms with van der Waals surface area (Å²) in [5, 5.41) is 4.69. The van der Waals surface area contributed by atoms with E-state index in [1.165, 1.54) is 34.8 Å². The maximum atomic E-state index is 4.92. The topological polar surface area (TPSA) is 37.8 Å². The summed E-state index contributed by atoms with van der Waals surface area (Å²) in [4.78, 5) is 10.8. The van der Waals surface area contributed by atoms with Gasteiger partial charge in [0.1, 0.15) is 0 Å². The Kier molecular flexibility index (Phi) is 4.43. The Hall–Kier alpha value is -1.26. The van der Waals surface area contributed by atoms with Crippen molar-refractivity contribution >= 4 is 11.3 Å². The molecule has 0 spiro atoms. The first-order valence-electron chi connectivity index (χ1n) is 7.46. The molecular formula is C16H21N3S. The van der Waals surface area contributed by atoms with Crippen LogP contribution in [0.3, 0.4) is 0 Å². The van der Waals surface area contributed by atoms with Crippen LogP contribution in [-0.4, -0.2) is 23.1 Å². The predicted octanol–water partition coefficient (Wildman–Crippen LogP) is 3.16. The molecule has 0 radical (unpaired) electrons. The molecule has 2 heterocycles. The molecule has 0 aliphatic heterocycles. The molecule has 1 N–H and O–H groups in total. The van der Waals surface area contributed by atoms with E-state index in [2.05, 4.69) is 23.3 Å². The van der Waals surface area contributed by atoms with E-state index in [0.29, 0.717) is 5.92 Å². The van der Waals surface area contributed by atoms with E-state index in [0.717, 1.165) is 25.2 Å². The largest absolute Gasteiger partial charge is 0.316 e. The van der Waals surface area contributed by atoms with Gasteiger partial charge in [0.2, 0.25) is 0 Å². The highest BCUT2D eigenvalue weighted by Gasteiger charge is 2.24. The molecule has 2 aromatic heterocycles. The van der Waals surface area contributed by atoms with Crippen molar-refractivity contribution in [3.63, 3.8) is 0 Å². The van der Waals surface area contributed by atoms with Crippen LogP contribution in [0.2, 0.25) is 0 Å². The van der Waals surface area contributed by atoms with Gasteiger partial charge < -0.3 is 5.32 Å². The average Bonchev–Trinajstić information content (AvgIpc) is 2.89. The number of aromatic nitrogens is 2. The van der Waals surface area contributed by atoms with E-state index < -0.39 is 0 Å². The SMILES string of the molecule is CCNCC1CCCc2sc(Cc3ccccn3)nc21. The third-order valence-corrected chi connectivity index (χ3v) is 4.95. The van der Waals surface area contributed by atoms with Gasteiger partial charge in [-0.05, 0) is 37.9 Å². The fourth-order valence-electron chi connectivity index (χ4n) is 2.81. The van der Waals surface area contributed by atoms with Gasteiger partial charge in [0.25, 0.3) is 0 Å². The summed E-state index contributed by atoms with van der Waals surface area (Å²) in [6.07, 6.45) is 6.50. The maximum absolute atomic E-state index is 4.92. The van der Waals surface area contributed by atoms with Crippen molar-refractivity contribution in [1.29, 1.82) is 0 Å². The minimum absolute atomic E-state index is 0.604. The number of aryl methyl sites for hydroxylation is 1. The van der Waals surface area contributed by atoms with Gasteiger partial charge in [-0.1, -0.05) is 13.0 Å². The molecule has 0 saturated heterocycles. The molecule has 2 aromatic rings. The molecule has 1 aliphatic rings. The maximum Gasteiger partial charge on any atom is 0.0990 e. The Balaban J connectivity index is 1.77. The fourth-order valence-corrected chi connectivity index (χ4v) is 4.02. The molecule has 0 aromatic carbocycles. The van der Waals surface area contributed by atoms with Gasteiger partial charge in [-0.25, -0.2) is 4.98 Å². The minimum atomic E-state index is 0.604. The molecule has 1 unspecified atom stereocenters. The molecule has 0 fully saturated rings. The van der Waals surface area contributed by atoms with Crippen LogP contribution in [0, 0.1) is 0 Å². The first kappa shape index (κ1) is 13.7. The first-order chi connectivity index (χ1) is 9.86. The Bertz CT molecular complexity index is 550. The molecule has 0 amide bonds. The van der Waals surface area contributed by atoms with Crippen LogP contribution in [0.25, 0.3) is 0 Å². The van der Waals surface area contributed by atoms with E-state index in [1.54, 1.807) is 0 Å². The zero-order chi connectivity index (χ0) is 13.8. The highest BCUT2D eigenvalue weighted by atomic mass is 32.1. The lowest BCUT2D eigenvalue weighted by atomic mass is 9.91. The summed E-state index contributed by atoms with van der Waals surface area (Å²) >= 11 is 1.89. The Morgan fingerprint density at radius 2 is 2.35 bits per heavy atom. The lowest BCUT2D eigenvalue weighted by molar-refractivity contribution is 0.508. The average molecular weight is 287 g/mol. The number of nitrogens with zero attached hydrogens (tertiary/aromatic N) is 2. The summed E-state index contributed by atoms with van der Waals surface area (Å²) in [6, 6.07) is 6.09. The summed E-state index contributed by atoms with van der Waals surface area (Å²) in [5.74, 6) is 0.604. The van der Waals surface area contributed by atoms with Crippen molar-refractivity contribution in [2.24, 2.45) is 0 Å². The Labute approximate surface area is 124 Å². The fraction of sp³-hybridized carbons (Fsp3) is 0.500. The molecular weight excluding hydrogens is 266 g/mol. The number of thiazole rings is 1. The zero-order valence-corrected chi connectivity index (χ0v) is 12.7. The predicted molar refractivity (Wildman–Crippen MR) is 83.4 cm³/mol. The van der Waals surface area contributed by atoms with Crippen LogP contribution >= 0.6 is 11.3 Å². The van der Waals surface area contributed by atoms with Crippen molar-refractivity contribution in [2.45, 2.75) is 38.5 Å². The quantitative estimate of drug-likeness (QED) is 0.918. The molecule has 3 nitrogen and oxygen atoms in total. The number of likely N-dealkylation sites (N-methyl/N-ethyl adjacent to an activating group) is 1. The van der Waals surface area contributed by atoms with Gasteiger partial charge in [0.15, 0.2) is 0 Å².